The predicted octanol–water partition coefficient (Wildman–Crippen LogP) is 4.43. The van der Waals surface area contributed by atoms with Crippen LogP contribution in [0.15, 0.2) is 30.3 Å². The molecule has 194 valence electrons. The molecule has 0 spiro atoms. The summed E-state index contributed by atoms with van der Waals surface area (Å²) in [5.41, 5.74) is 6.12. The van der Waals surface area contributed by atoms with E-state index in [0.29, 0.717) is 19.7 Å². The summed E-state index contributed by atoms with van der Waals surface area (Å²) in [6.07, 6.45) is 1.45. The number of aromatic nitrogens is 3. The fraction of sp³-hybridized carbons (Fsp3) is 0.536. The van der Waals surface area contributed by atoms with Gasteiger partial charge in [0.15, 0.2) is 5.65 Å². The van der Waals surface area contributed by atoms with Crippen molar-refractivity contribution in [2.24, 2.45) is 0 Å². The summed E-state index contributed by atoms with van der Waals surface area (Å²) >= 11 is 0. The van der Waals surface area contributed by atoms with Gasteiger partial charge < -0.3 is 14.4 Å². The Kier molecular flexibility index (Phi) is 7.83. The molecule has 1 aromatic carbocycles. The molecule has 4 rings (SSSR count). The van der Waals surface area contributed by atoms with Crippen molar-refractivity contribution in [2.75, 3.05) is 39.3 Å². The number of ether oxygens (including phenoxy) is 2. The molecule has 1 aliphatic heterocycles. The standard InChI is InChI=1S/C28H39N5O3/c1-7-25-24(26-29-20(2)18-21(3)33(26)30-25)19-22-8-10-23(11-9-22)35-17-16-31-12-14-32(15-13-31)27(34)36-28(4,5)6/h8-11,18H,7,12-17,19H2,1-6H3. The Labute approximate surface area is 214 Å². The lowest BCUT2D eigenvalue weighted by atomic mass is 10.0. The molecule has 1 fully saturated rings. The lowest BCUT2D eigenvalue weighted by Crippen LogP contribution is -2.50. The van der Waals surface area contributed by atoms with E-state index in [4.69, 9.17) is 19.6 Å². The van der Waals surface area contributed by atoms with Crippen molar-refractivity contribution in [1.29, 1.82) is 0 Å². The fourth-order valence-corrected chi connectivity index (χ4v) is 4.55. The number of carbonyl (C=O) groups excluding carboxylic acids is 1. The molecule has 0 N–H and O–H groups in total. The Balaban J connectivity index is 1.28. The second-order valence-corrected chi connectivity index (χ2v) is 10.5. The van der Waals surface area contributed by atoms with Gasteiger partial charge in [0, 0.05) is 56.1 Å². The summed E-state index contributed by atoms with van der Waals surface area (Å²) in [5.74, 6) is 0.867. The van der Waals surface area contributed by atoms with Gasteiger partial charge in [-0.25, -0.2) is 14.3 Å². The maximum Gasteiger partial charge on any atom is 0.410 e. The van der Waals surface area contributed by atoms with Crippen LogP contribution in [0.5, 0.6) is 5.75 Å². The topological polar surface area (TPSA) is 72.2 Å². The quantitative estimate of drug-likeness (QED) is 0.485. The van der Waals surface area contributed by atoms with Crippen molar-refractivity contribution in [2.45, 2.75) is 60.0 Å². The molecule has 1 saturated heterocycles. The number of carbonyl (C=O) groups is 1. The summed E-state index contributed by atoms with van der Waals surface area (Å²) in [4.78, 5) is 21.1. The van der Waals surface area contributed by atoms with Gasteiger partial charge in [-0.2, -0.15) is 5.10 Å². The van der Waals surface area contributed by atoms with Crippen LogP contribution in [0.4, 0.5) is 4.79 Å². The Morgan fingerprint density at radius 3 is 2.39 bits per heavy atom. The third-order valence-electron chi connectivity index (χ3n) is 6.41. The van der Waals surface area contributed by atoms with Crippen molar-refractivity contribution in [3.63, 3.8) is 0 Å². The number of amides is 1. The number of hydrogen-bond donors (Lipinski definition) is 0. The van der Waals surface area contributed by atoms with Crippen molar-refractivity contribution >= 4 is 11.7 Å². The molecule has 8 heteroatoms. The highest BCUT2D eigenvalue weighted by atomic mass is 16.6. The molecular formula is C28H39N5O3. The number of aryl methyl sites for hydroxylation is 3. The van der Waals surface area contributed by atoms with E-state index in [-0.39, 0.29) is 6.09 Å². The summed E-state index contributed by atoms with van der Waals surface area (Å²) in [7, 11) is 0. The first kappa shape index (κ1) is 25.9. The van der Waals surface area contributed by atoms with Gasteiger partial charge in [0.05, 0.1) is 5.69 Å². The van der Waals surface area contributed by atoms with Crippen LogP contribution < -0.4 is 4.74 Å². The minimum atomic E-state index is -0.461. The molecule has 1 aliphatic rings. The normalized spacial score (nSPS) is 14.9. The Morgan fingerprint density at radius 2 is 1.75 bits per heavy atom. The molecule has 1 amide bonds. The highest BCUT2D eigenvalue weighted by molar-refractivity contribution is 5.68. The van der Waals surface area contributed by atoms with Crippen molar-refractivity contribution in [3.8, 4) is 5.75 Å². The van der Waals surface area contributed by atoms with E-state index in [1.165, 1.54) is 11.1 Å². The lowest BCUT2D eigenvalue weighted by molar-refractivity contribution is 0.0137. The first-order valence-corrected chi connectivity index (χ1v) is 12.9. The number of benzene rings is 1. The van der Waals surface area contributed by atoms with Crippen LogP contribution in [0.1, 0.15) is 55.9 Å². The Morgan fingerprint density at radius 1 is 1.06 bits per heavy atom. The SMILES string of the molecule is CCc1nn2c(C)cc(C)nc2c1Cc1ccc(OCCN2CCN(C(=O)OC(C)(C)C)CC2)cc1. The number of nitrogens with zero attached hydrogens (tertiary/aromatic N) is 5. The second kappa shape index (κ2) is 10.9. The van der Waals surface area contributed by atoms with E-state index in [1.807, 2.05) is 44.3 Å². The molecule has 8 nitrogen and oxygen atoms in total. The zero-order valence-corrected chi connectivity index (χ0v) is 22.5. The molecule has 0 unspecified atom stereocenters. The van der Waals surface area contributed by atoms with Crippen molar-refractivity contribution in [1.82, 2.24) is 24.4 Å². The maximum atomic E-state index is 12.2. The van der Waals surface area contributed by atoms with Crippen LogP contribution >= 0.6 is 0 Å². The average Bonchev–Trinajstić information content (AvgIpc) is 3.17. The first-order chi connectivity index (χ1) is 17.1. The Bertz CT molecular complexity index is 1190. The van der Waals surface area contributed by atoms with Crippen molar-refractivity contribution < 1.29 is 14.3 Å². The van der Waals surface area contributed by atoms with Crippen LogP contribution in [0.25, 0.3) is 5.65 Å². The van der Waals surface area contributed by atoms with E-state index < -0.39 is 5.60 Å². The minimum Gasteiger partial charge on any atom is -0.492 e. The van der Waals surface area contributed by atoms with E-state index in [0.717, 1.165) is 61.0 Å². The zero-order chi connectivity index (χ0) is 25.9. The third kappa shape index (κ3) is 6.35. The number of hydrogen-bond acceptors (Lipinski definition) is 6. The third-order valence-corrected chi connectivity index (χ3v) is 6.41. The zero-order valence-electron chi connectivity index (χ0n) is 22.5. The van der Waals surface area contributed by atoms with Gasteiger partial charge >= 0.3 is 6.09 Å². The van der Waals surface area contributed by atoms with Crippen LogP contribution in [-0.2, 0) is 17.6 Å². The molecule has 2 aromatic heterocycles. The average molecular weight is 494 g/mol. The lowest BCUT2D eigenvalue weighted by Gasteiger charge is -2.35. The Hall–Kier alpha value is -3.13. The summed E-state index contributed by atoms with van der Waals surface area (Å²) in [6, 6.07) is 10.4. The molecule has 0 saturated carbocycles. The van der Waals surface area contributed by atoms with E-state index in [1.54, 1.807) is 4.90 Å². The van der Waals surface area contributed by atoms with Gasteiger partial charge in [0.25, 0.3) is 0 Å². The predicted molar refractivity (Wildman–Crippen MR) is 141 cm³/mol. The molecule has 36 heavy (non-hydrogen) atoms. The van der Waals surface area contributed by atoms with Crippen LogP contribution in [0.3, 0.4) is 0 Å². The minimum absolute atomic E-state index is 0.227. The van der Waals surface area contributed by atoms with Gasteiger partial charge in [0.2, 0.25) is 0 Å². The van der Waals surface area contributed by atoms with Gasteiger partial charge in [-0.15, -0.1) is 0 Å². The molecule has 0 atom stereocenters. The molecule has 0 radical (unpaired) electrons. The van der Waals surface area contributed by atoms with Gasteiger partial charge in [-0.3, -0.25) is 4.90 Å². The van der Waals surface area contributed by atoms with E-state index in [9.17, 15) is 4.79 Å². The monoisotopic (exact) mass is 493 g/mol. The first-order valence-electron chi connectivity index (χ1n) is 12.9. The molecule has 0 aliphatic carbocycles. The van der Waals surface area contributed by atoms with Crippen LogP contribution in [0.2, 0.25) is 0 Å². The second-order valence-electron chi connectivity index (χ2n) is 10.5. The molecule has 3 heterocycles. The van der Waals surface area contributed by atoms with E-state index >= 15 is 0 Å². The van der Waals surface area contributed by atoms with E-state index in [2.05, 4.69) is 36.9 Å². The number of fused-ring (bicyclic) bond motifs is 1. The summed E-state index contributed by atoms with van der Waals surface area (Å²) in [5, 5.41) is 4.80. The highest BCUT2D eigenvalue weighted by Gasteiger charge is 2.25. The van der Waals surface area contributed by atoms with Gasteiger partial charge in [-0.05, 0) is 64.8 Å². The molecule has 3 aromatic rings. The smallest absolute Gasteiger partial charge is 0.410 e. The molecular weight excluding hydrogens is 454 g/mol. The molecule has 0 bridgehead atoms. The fourth-order valence-electron chi connectivity index (χ4n) is 4.55. The van der Waals surface area contributed by atoms with Gasteiger partial charge in [0.1, 0.15) is 18.0 Å². The summed E-state index contributed by atoms with van der Waals surface area (Å²) < 4.78 is 13.4. The van der Waals surface area contributed by atoms with Crippen molar-refractivity contribution in [3.05, 3.63) is 58.5 Å². The number of rotatable bonds is 7. The summed E-state index contributed by atoms with van der Waals surface area (Å²) in [6.45, 7) is 16.4. The maximum absolute atomic E-state index is 12.2. The van der Waals surface area contributed by atoms with Crippen LogP contribution in [0, 0.1) is 13.8 Å². The van der Waals surface area contributed by atoms with Gasteiger partial charge in [-0.1, -0.05) is 19.1 Å². The van der Waals surface area contributed by atoms with Crippen LogP contribution in [-0.4, -0.2) is 75.4 Å². The largest absolute Gasteiger partial charge is 0.492 e. The number of piperazine rings is 1. The highest BCUT2D eigenvalue weighted by Crippen LogP contribution is 2.22.